The molecule has 0 spiro atoms. The van der Waals surface area contributed by atoms with Crippen LogP contribution in [-0.2, 0) is 9.53 Å². The van der Waals surface area contributed by atoms with Crippen LogP contribution in [0.25, 0.3) is 0 Å². The van der Waals surface area contributed by atoms with Crippen molar-refractivity contribution in [3.05, 3.63) is 23.8 Å². The number of carbonyl (C=O) groups excluding carboxylic acids is 2. The molecule has 1 fully saturated rings. The van der Waals surface area contributed by atoms with Gasteiger partial charge in [0.15, 0.2) is 0 Å². The van der Waals surface area contributed by atoms with E-state index < -0.39 is 0 Å². The van der Waals surface area contributed by atoms with Crippen molar-refractivity contribution in [2.24, 2.45) is 0 Å². The summed E-state index contributed by atoms with van der Waals surface area (Å²) in [6.07, 6.45) is 0.141. The number of benzene rings is 1. The summed E-state index contributed by atoms with van der Waals surface area (Å²) in [6.45, 7) is 7.59. The number of carbonyl (C=O) groups is 2. The first-order valence-electron chi connectivity index (χ1n) is 8.62. The Hall–Kier alpha value is -1.99. The van der Waals surface area contributed by atoms with Crippen LogP contribution < -0.4 is 22.5 Å². The molecule has 0 aliphatic carbocycles. The van der Waals surface area contributed by atoms with Gasteiger partial charge in [-0.3, -0.25) is 9.69 Å². The number of hydrogen-bond donors (Lipinski definition) is 1. The Labute approximate surface area is 161 Å². The lowest BCUT2D eigenvalue weighted by atomic mass is 10.2. The molecule has 0 radical (unpaired) electrons. The van der Waals surface area contributed by atoms with Crippen molar-refractivity contribution >= 4 is 17.7 Å². The van der Waals surface area contributed by atoms with E-state index in [9.17, 15) is 9.59 Å². The molecule has 2 amide bonds. The highest BCUT2D eigenvalue weighted by Gasteiger charge is 2.22. The molecule has 1 saturated heterocycles. The quantitative estimate of drug-likeness (QED) is 0.689. The Balaban J connectivity index is 0.00000338. The number of rotatable bonds is 6. The summed E-state index contributed by atoms with van der Waals surface area (Å²) < 4.78 is 10.3. The topological polar surface area (TPSA) is 71.1 Å². The smallest absolute Gasteiger partial charge is 0.409 e. The van der Waals surface area contributed by atoms with Gasteiger partial charge in [0.1, 0.15) is 5.75 Å². The number of ether oxygens (including phenoxy) is 2. The predicted octanol–water partition coefficient (Wildman–Crippen LogP) is -0.890. The van der Waals surface area contributed by atoms with Gasteiger partial charge in [-0.1, -0.05) is 6.07 Å². The second-order valence-electron chi connectivity index (χ2n) is 6.03. The summed E-state index contributed by atoms with van der Waals surface area (Å²) in [7, 11) is 1.59. The van der Waals surface area contributed by atoms with Crippen LogP contribution in [0.3, 0.4) is 0 Å². The van der Waals surface area contributed by atoms with Crippen molar-refractivity contribution in [3.8, 4) is 5.75 Å². The summed E-state index contributed by atoms with van der Waals surface area (Å²) in [5, 5.41) is 2.91. The van der Waals surface area contributed by atoms with E-state index in [1.807, 2.05) is 25.1 Å². The number of methoxy groups -OCH3 is 1. The largest absolute Gasteiger partial charge is 1.00 e. The third kappa shape index (κ3) is 6.38. The fourth-order valence-electron chi connectivity index (χ4n) is 2.76. The minimum absolute atomic E-state index is 0. The first kappa shape index (κ1) is 22.1. The molecule has 146 valence electrons. The van der Waals surface area contributed by atoms with E-state index in [1.165, 1.54) is 0 Å². The highest BCUT2D eigenvalue weighted by molar-refractivity contribution is 5.92. The summed E-state index contributed by atoms with van der Waals surface area (Å²) >= 11 is 0. The van der Waals surface area contributed by atoms with Gasteiger partial charge in [-0.05, 0) is 31.5 Å². The Bertz CT molecular complexity index is 604. The van der Waals surface area contributed by atoms with E-state index in [4.69, 9.17) is 9.47 Å². The fourth-order valence-corrected chi connectivity index (χ4v) is 2.76. The molecule has 1 aromatic rings. The first-order chi connectivity index (χ1) is 12.0. The molecular formula is C18H27ClN3O4-. The zero-order valence-corrected chi connectivity index (χ0v) is 16.3. The van der Waals surface area contributed by atoms with Gasteiger partial charge in [0, 0.05) is 39.1 Å². The lowest BCUT2D eigenvalue weighted by Gasteiger charge is -2.33. The first-order valence-corrected chi connectivity index (χ1v) is 8.62. The van der Waals surface area contributed by atoms with Gasteiger partial charge < -0.3 is 32.1 Å². The second kappa shape index (κ2) is 10.9. The van der Waals surface area contributed by atoms with Crippen LogP contribution in [0.2, 0.25) is 0 Å². The molecule has 1 aliphatic rings. The molecule has 1 N–H and O–H groups in total. The molecular weight excluding hydrogens is 358 g/mol. The molecule has 0 aromatic heterocycles. The van der Waals surface area contributed by atoms with Crippen molar-refractivity contribution in [2.75, 3.05) is 51.8 Å². The van der Waals surface area contributed by atoms with Crippen LogP contribution in [0.1, 0.15) is 18.9 Å². The predicted molar refractivity (Wildman–Crippen MR) is 96.0 cm³/mol. The molecule has 8 heteroatoms. The van der Waals surface area contributed by atoms with Crippen LogP contribution in [0, 0.1) is 6.92 Å². The van der Waals surface area contributed by atoms with Gasteiger partial charge in [0.2, 0.25) is 5.91 Å². The molecule has 26 heavy (non-hydrogen) atoms. The van der Waals surface area contributed by atoms with Gasteiger partial charge in [0.25, 0.3) is 0 Å². The van der Waals surface area contributed by atoms with E-state index in [0.717, 1.165) is 18.7 Å². The van der Waals surface area contributed by atoms with Gasteiger partial charge in [-0.2, -0.15) is 0 Å². The Morgan fingerprint density at radius 3 is 2.50 bits per heavy atom. The third-order valence-electron chi connectivity index (χ3n) is 4.18. The molecule has 0 unspecified atom stereocenters. The number of anilines is 1. The van der Waals surface area contributed by atoms with E-state index >= 15 is 0 Å². The highest BCUT2D eigenvalue weighted by atomic mass is 35.5. The van der Waals surface area contributed by atoms with Crippen molar-refractivity contribution in [2.45, 2.75) is 20.3 Å². The van der Waals surface area contributed by atoms with E-state index in [2.05, 4.69) is 10.2 Å². The minimum Gasteiger partial charge on any atom is -1.00 e. The maximum Gasteiger partial charge on any atom is 0.409 e. The standard InChI is InChI=1S/C18H27N3O4.ClH/c1-4-25-18(23)21-11-9-20(10-12-21)8-7-17(22)19-15-13-14(2)5-6-16(15)24-3;/h5-6,13H,4,7-12H2,1-3H3,(H,19,22);1H/p-1. The summed E-state index contributed by atoms with van der Waals surface area (Å²) in [6, 6.07) is 5.69. The van der Waals surface area contributed by atoms with Crippen molar-refractivity contribution in [3.63, 3.8) is 0 Å². The van der Waals surface area contributed by atoms with Crippen LogP contribution >= 0.6 is 0 Å². The van der Waals surface area contributed by atoms with Gasteiger partial charge in [0.05, 0.1) is 19.4 Å². The van der Waals surface area contributed by atoms with Crippen LogP contribution in [-0.4, -0.2) is 68.2 Å². The number of nitrogens with zero attached hydrogens (tertiary/aromatic N) is 2. The average molecular weight is 385 g/mol. The molecule has 7 nitrogen and oxygen atoms in total. The molecule has 0 saturated carbocycles. The summed E-state index contributed by atoms with van der Waals surface area (Å²) in [5.41, 5.74) is 1.76. The minimum atomic E-state index is -0.258. The lowest BCUT2D eigenvalue weighted by molar-refractivity contribution is -0.116. The van der Waals surface area contributed by atoms with Gasteiger partial charge in [-0.15, -0.1) is 0 Å². The Kier molecular flexibility index (Phi) is 9.23. The number of aryl methyl sites for hydroxylation is 1. The molecule has 0 bridgehead atoms. The monoisotopic (exact) mass is 384 g/mol. The SMILES string of the molecule is CCOC(=O)N1CCN(CCC(=O)Nc2cc(C)ccc2OC)CC1.[Cl-]. The van der Waals surface area contributed by atoms with Crippen LogP contribution in [0.5, 0.6) is 5.75 Å². The normalized spacial score (nSPS) is 14.3. The molecule has 2 rings (SSSR count). The maximum atomic E-state index is 12.2. The van der Waals surface area contributed by atoms with Crippen molar-refractivity contribution in [1.82, 2.24) is 9.80 Å². The van der Waals surface area contributed by atoms with Crippen molar-refractivity contribution in [1.29, 1.82) is 0 Å². The highest BCUT2D eigenvalue weighted by Crippen LogP contribution is 2.25. The lowest BCUT2D eigenvalue weighted by Crippen LogP contribution is -3.00. The van der Waals surface area contributed by atoms with Crippen LogP contribution in [0.15, 0.2) is 18.2 Å². The van der Waals surface area contributed by atoms with Crippen LogP contribution in [0.4, 0.5) is 10.5 Å². The van der Waals surface area contributed by atoms with Gasteiger partial charge in [-0.25, -0.2) is 4.79 Å². The number of nitrogens with one attached hydrogen (secondary N) is 1. The molecule has 0 atom stereocenters. The fraction of sp³-hybridized carbons (Fsp3) is 0.556. The molecule has 1 aromatic carbocycles. The zero-order chi connectivity index (χ0) is 18.2. The number of hydrogen-bond acceptors (Lipinski definition) is 5. The van der Waals surface area contributed by atoms with E-state index in [-0.39, 0.29) is 24.4 Å². The number of amides is 2. The summed E-state index contributed by atoms with van der Waals surface area (Å²) in [5.74, 6) is 0.610. The number of halogens is 1. The maximum absolute atomic E-state index is 12.2. The second-order valence-corrected chi connectivity index (χ2v) is 6.03. The Morgan fingerprint density at radius 2 is 1.88 bits per heavy atom. The average Bonchev–Trinajstić information content (AvgIpc) is 2.61. The van der Waals surface area contributed by atoms with E-state index in [0.29, 0.717) is 44.1 Å². The molecule has 1 aliphatic heterocycles. The third-order valence-corrected chi connectivity index (χ3v) is 4.18. The van der Waals surface area contributed by atoms with Gasteiger partial charge >= 0.3 is 6.09 Å². The van der Waals surface area contributed by atoms with Crippen molar-refractivity contribution < 1.29 is 31.5 Å². The molecule has 1 heterocycles. The Morgan fingerprint density at radius 1 is 1.19 bits per heavy atom. The number of piperazine rings is 1. The zero-order valence-electron chi connectivity index (χ0n) is 15.6. The van der Waals surface area contributed by atoms with E-state index in [1.54, 1.807) is 18.9 Å². The summed E-state index contributed by atoms with van der Waals surface area (Å²) in [4.78, 5) is 27.8.